The largest absolute Gasteiger partial charge is 0.480 e. The summed E-state index contributed by atoms with van der Waals surface area (Å²) in [6.45, 7) is 5.02. The second-order valence-corrected chi connectivity index (χ2v) is 8.19. The Morgan fingerprint density at radius 2 is 1.92 bits per heavy atom. The van der Waals surface area contributed by atoms with E-state index in [-0.39, 0.29) is 18.1 Å². The standard InChI is InChI=1S/C17H22N2O4S/c1-10(20)13(15-19-14(16(22)23)17(2,3)24-15)18-12(21)9-11-7-5-4-6-8-11/h4-8,13-15,19H,9H2,1-3H3,(H,18,21)(H,22,23). The van der Waals surface area contributed by atoms with Gasteiger partial charge in [-0.3, -0.25) is 19.7 Å². The number of hydrogen-bond acceptors (Lipinski definition) is 5. The number of Topliss-reactive ketones (excluding diaryl/α,β-unsaturated/α-hetero) is 1. The first-order valence-electron chi connectivity index (χ1n) is 7.71. The Hall–Kier alpha value is -1.86. The molecule has 1 aliphatic heterocycles. The highest BCUT2D eigenvalue weighted by Crippen LogP contribution is 2.39. The molecule has 1 aliphatic rings. The third-order valence-corrected chi connectivity index (χ3v) is 5.47. The maximum absolute atomic E-state index is 12.2. The maximum atomic E-state index is 12.2. The number of hydrogen-bond donors (Lipinski definition) is 3. The average Bonchev–Trinajstić information content (AvgIpc) is 2.81. The second kappa shape index (κ2) is 7.36. The number of ketones is 1. The SMILES string of the molecule is CC(=O)C(NC(=O)Cc1ccccc1)C1NC(C(=O)O)C(C)(C)S1. The van der Waals surface area contributed by atoms with Crippen molar-refractivity contribution in [3.05, 3.63) is 35.9 Å². The molecule has 3 unspecified atom stereocenters. The predicted molar refractivity (Wildman–Crippen MR) is 92.8 cm³/mol. The summed E-state index contributed by atoms with van der Waals surface area (Å²) in [5, 5.41) is 14.5. The summed E-state index contributed by atoms with van der Waals surface area (Å²) in [6.07, 6.45) is 0.174. The molecule has 3 atom stereocenters. The molecule has 130 valence electrons. The van der Waals surface area contributed by atoms with Crippen LogP contribution >= 0.6 is 11.8 Å². The third kappa shape index (κ3) is 4.36. The topological polar surface area (TPSA) is 95.5 Å². The zero-order valence-electron chi connectivity index (χ0n) is 13.9. The monoisotopic (exact) mass is 350 g/mol. The van der Waals surface area contributed by atoms with Gasteiger partial charge in [-0.25, -0.2) is 0 Å². The molecule has 1 aromatic carbocycles. The van der Waals surface area contributed by atoms with E-state index in [4.69, 9.17) is 0 Å². The van der Waals surface area contributed by atoms with Gasteiger partial charge in [0, 0.05) is 4.75 Å². The molecule has 1 saturated heterocycles. The number of amides is 1. The number of rotatable bonds is 6. The van der Waals surface area contributed by atoms with Gasteiger partial charge in [-0.1, -0.05) is 30.3 Å². The van der Waals surface area contributed by atoms with Crippen LogP contribution in [0.5, 0.6) is 0 Å². The van der Waals surface area contributed by atoms with Crippen molar-refractivity contribution in [1.29, 1.82) is 0 Å². The zero-order valence-corrected chi connectivity index (χ0v) is 14.7. The number of carboxylic acids is 1. The minimum atomic E-state index is -0.965. The molecular weight excluding hydrogens is 328 g/mol. The fraction of sp³-hybridized carbons (Fsp3) is 0.471. The minimum Gasteiger partial charge on any atom is -0.480 e. The molecule has 3 N–H and O–H groups in total. The molecule has 0 bridgehead atoms. The van der Waals surface area contributed by atoms with Crippen molar-refractivity contribution in [3.8, 4) is 0 Å². The van der Waals surface area contributed by atoms with Crippen LogP contribution in [0.2, 0.25) is 0 Å². The normalized spacial score (nSPS) is 23.5. The molecule has 0 aromatic heterocycles. The lowest BCUT2D eigenvalue weighted by atomic mass is 10.0. The van der Waals surface area contributed by atoms with E-state index in [1.165, 1.54) is 18.7 Å². The van der Waals surface area contributed by atoms with E-state index in [9.17, 15) is 19.5 Å². The Morgan fingerprint density at radius 3 is 2.42 bits per heavy atom. The van der Waals surface area contributed by atoms with E-state index < -0.39 is 28.2 Å². The second-order valence-electron chi connectivity index (χ2n) is 6.40. The first-order chi connectivity index (χ1) is 11.2. The van der Waals surface area contributed by atoms with E-state index >= 15 is 0 Å². The maximum Gasteiger partial charge on any atom is 0.322 e. The Balaban J connectivity index is 2.06. The van der Waals surface area contributed by atoms with Gasteiger partial charge in [0.25, 0.3) is 0 Å². The molecule has 1 amide bonds. The number of thioether (sulfide) groups is 1. The van der Waals surface area contributed by atoms with E-state index in [0.717, 1.165) is 5.56 Å². The molecule has 6 nitrogen and oxygen atoms in total. The summed E-state index contributed by atoms with van der Waals surface area (Å²) in [5.74, 6) is -1.43. The van der Waals surface area contributed by atoms with Crippen molar-refractivity contribution >= 4 is 29.4 Å². The van der Waals surface area contributed by atoms with Gasteiger partial charge in [0.1, 0.15) is 12.1 Å². The van der Waals surface area contributed by atoms with Gasteiger partial charge in [-0.2, -0.15) is 0 Å². The molecule has 2 rings (SSSR count). The van der Waals surface area contributed by atoms with Gasteiger partial charge in [0.05, 0.1) is 11.8 Å². The van der Waals surface area contributed by atoms with E-state index in [1.807, 2.05) is 44.2 Å². The van der Waals surface area contributed by atoms with E-state index in [0.29, 0.717) is 0 Å². The summed E-state index contributed by atoms with van der Waals surface area (Å²) in [5.41, 5.74) is 0.855. The quantitative estimate of drug-likeness (QED) is 0.713. The predicted octanol–water partition coefficient (Wildman–Crippen LogP) is 1.20. The van der Waals surface area contributed by atoms with Gasteiger partial charge >= 0.3 is 5.97 Å². The Morgan fingerprint density at radius 1 is 1.29 bits per heavy atom. The van der Waals surface area contributed by atoms with Crippen molar-refractivity contribution in [2.45, 2.75) is 49.4 Å². The van der Waals surface area contributed by atoms with Crippen LogP contribution in [-0.2, 0) is 20.8 Å². The number of aliphatic carboxylic acids is 1. The van der Waals surface area contributed by atoms with Crippen LogP contribution < -0.4 is 10.6 Å². The Kier molecular flexibility index (Phi) is 5.66. The van der Waals surface area contributed by atoms with Crippen molar-refractivity contribution in [2.24, 2.45) is 0 Å². The highest BCUT2D eigenvalue weighted by Gasteiger charge is 2.48. The Labute approximate surface area is 145 Å². The van der Waals surface area contributed by atoms with Crippen LogP contribution in [0.3, 0.4) is 0 Å². The number of carbonyl (C=O) groups excluding carboxylic acids is 2. The minimum absolute atomic E-state index is 0.174. The number of benzene rings is 1. The van der Waals surface area contributed by atoms with Gasteiger partial charge in [0.15, 0.2) is 5.78 Å². The number of carbonyl (C=O) groups is 3. The fourth-order valence-electron chi connectivity index (χ4n) is 2.72. The third-order valence-electron chi connectivity index (χ3n) is 3.97. The molecule has 0 aliphatic carbocycles. The van der Waals surface area contributed by atoms with Crippen LogP contribution in [0.1, 0.15) is 26.3 Å². The van der Waals surface area contributed by atoms with Crippen molar-refractivity contribution in [3.63, 3.8) is 0 Å². The Bertz CT molecular complexity index is 633. The van der Waals surface area contributed by atoms with Gasteiger partial charge in [0.2, 0.25) is 5.91 Å². The summed E-state index contributed by atoms with van der Waals surface area (Å²) < 4.78 is -0.575. The van der Waals surface area contributed by atoms with Gasteiger partial charge < -0.3 is 10.4 Å². The van der Waals surface area contributed by atoms with Gasteiger partial charge in [-0.15, -0.1) is 11.8 Å². The summed E-state index contributed by atoms with van der Waals surface area (Å²) in [7, 11) is 0. The molecule has 0 saturated carbocycles. The molecular formula is C17H22N2O4S. The fourth-order valence-corrected chi connectivity index (χ4v) is 4.28. The van der Waals surface area contributed by atoms with Crippen LogP contribution in [0.25, 0.3) is 0 Å². The van der Waals surface area contributed by atoms with Crippen molar-refractivity contribution in [2.75, 3.05) is 0 Å². The van der Waals surface area contributed by atoms with E-state index in [1.54, 1.807) is 0 Å². The smallest absolute Gasteiger partial charge is 0.322 e. The first-order valence-corrected chi connectivity index (χ1v) is 8.59. The molecule has 7 heteroatoms. The summed E-state index contributed by atoms with van der Waals surface area (Å²) in [4.78, 5) is 35.6. The molecule has 1 heterocycles. The number of carboxylic acid groups (broad SMARTS) is 1. The lowest BCUT2D eigenvalue weighted by Crippen LogP contribution is -2.53. The van der Waals surface area contributed by atoms with Crippen LogP contribution in [0.15, 0.2) is 30.3 Å². The average molecular weight is 350 g/mol. The molecule has 0 spiro atoms. The molecule has 1 aromatic rings. The van der Waals surface area contributed by atoms with E-state index in [2.05, 4.69) is 10.6 Å². The van der Waals surface area contributed by atoms with Crippen LogP contribution in [0.4, 0.5) is 0 Å². The van der Waals surface area contributed by atoms with Crippen molar-refractivity contribution < 1.29 is 19.5 Å². The summed E-state index contributed by atoms with van der Waals surface area (Å²) >= 11 is 1.36. The molecule has 24 heavy (non-hydrogen) atoms. The summed E-state index contributed by atoms with van der Waals surface area (Å²) in [6, 6.07) is 7.70. The molecule has 0 radical (unpaired) electrons. The van der Waals surface area contributed by atoms with Crippen LogP contribution in [-0.4, -0.2) is 45.0 Å². The highest BCUT2D eigenvalue weighted by molar-refractivity contribution is 8.01. The lowest BCUT2D eigenvalue weighted by molar-refractivity contribution is -0.140. The van der Waals surface area contributed by atoms with Crippen LogP contribution in [0, 0.1) is 0 Å². The number of nitrogens with one attached hydrogen (secondary N) is 2. The molecule has 1 fully saturated rings. The lowest BCUT2D eigenvalue weighted by Gasteiger charge is -2.23. The van der Waals surface area contributed by atoms with Crippen molar-refractivity contribution in [1.82, 2.24) is 10.6 Å². The zero-order chi connectivity index (χ0) is 17.9. The van der Waals surface area contributed by atoms with Gasteiger partial charge in [-0.05, 0) is 26.3 Å². The highest BCUT2D eigenvalue weighted by atomic mass is 32.2. The first kappa shape index (κ1) is 18.5.